The van der Waals surface area contributed by atoms with E-state index in [4.69, 9.17) is 26.6 Å². The average molecular weight is 301 g/mol. The number of hydrogen-bond donors (Lipinski definition) is 2. The largest absolute Gasteiger partial charge is 0.481 e. The fraction of sp³-hybridized carbons (Fsp3) is 0.667. The summed E-state index contributed by atoms with van der Waals surface area (Å²) in [5, 5.41) is 16.1. The lowest BCUT2D eigenvalue weighted by Crippen LogP contribution is -2.27. The summed E-state index contributed by atoms with van der Waals surface area (Å²) in [4.78, 5) is 11.0. The highest BCUT2D eigenvalue weighted by Gasteiger charge is 2.30. The third kappa shape index (κ3) is 6.76. The van der Waals surface area contributed by atoms with Crippen molar-refractivity contribution in [2.24, 2.45) is 0 Å². The molecule has 0 aromatic heterocycles. The van der Waals surface area contributed by atoms with Crippen molar-refractivity contribution in [1.82, 2.24) is 4.90 Å². The first-order valence-corrected chi connectivity index (χ1v) is 5.58. The molecule has 0 aromatic carbocycles. The van der Waals surface area contributed by atoms with Crippen molar-refractivity contribution in [1.29, 1.82) is 0 Å². The minimum absolute atomic E-state index is 0.172. The third-order valence-electron chi connectivity index (χ3n) is 1.69. The van der Waals surface area contributed by atoms with Crippen LogP contribution in [0, 0.1) is 0 Å². The number of rotatable bonds is 2. The molecule has 88 valence electrons. The molecule has 1 rings (SSSR count). The van der Waals surface area contributed by atoms with Crippen molar-refractivity contribution >= 4 is 33.5 Å². The van der Waals surface area contributed by atoms with Gasteiger partial charge in [-0.25, -0.2) is 0 Å². The molecule has 6 heteroatoms. The number of aliphatic hydroxyl groups excluding tert-OH is 1. The summed E-state index contributed by atoms with van der Waals surface area (Å²) in [5.74, 6) is -0.833. The predicted octanol–water partition coefficient (Wildman–Crippen LogP) is 1.62. The summed E-state index contributed by atoms with van der Waals surface area (Å²) in [7, 11) is 0. The fourth-order valence-electron chi connectivity index (χ4n) is 1.20. The molecule has 0 spiro atoms. The molecule has 0 aromatic rings. The lowest BCUT2D eigenvalue weighted by molar-refractivity contribution is -0.134. The maximum atomic E-state index is 9.00. The molecule has 1 heterocycles. The van der Waals surface area contributed by atoms with Gasteiger partial charge in [0.05, 0.1) is 13.2 Å². The first kappa shape index (κ1) is 14.7. The molecule has 0 fully saturated rings. The molecule has 2 N–H and O–H groups in total. The molecule has 15 heavy (non-hydrogen) atoms. The summed E-state index contributed by atoms with van der Waals surface area (Å²) in [5.41, 5.74) is 1.12. The zero-order valence-corrected chi connectivity index (χ0v) is 11.0. The van der Waals surface area contributed by atoms with E-state index in [2.05, 4.69) is 15.9 Å². The number of allylic oxidation sites excluding steroid dienone is 1. The molecule has 4 nitrogen and oxygen atoms in total. The zero-order valence-electron chi connectivity index (χ0n) is 8.70. The van der Waals surface area contributed by atoms with Crippen LogP contribution in [0.4, 0.5) is 0 Å². The number of aliphatic carboxylic acids is 1. The van der Waals surface area contributed by atoms with Gasteiger partial charge in [0.1, 0.15) is 3.78 Å². The summed E-state index contributed by atoms with van der Waals surface area (Å²) < 4.78 is -0.424. The highest BCUT2D eigenvalue weighted by Crippen LogP contribution is 2.34. The lowest BCUT2D eigenvalue weighted by atomic mass is 10.4. The predicted molar refractivity (Wildman–Crippen MR) is 63.2 cm³/mol. The molecule has 0 aliphatic carbocycles. The van der Waals surface area contributed by atoms with Gasteiger partial charge < -0.3 is 15.1 Å². The molecule has 0 bridgehead atoms. The van der Waals surface area contributed by atoms with Crippen LogP contribution >= 0.6 is 27.5 Å². The Kier molecular flexibility index (Phi) is 6.24. The van der Waals surface area contributed by atoms with Crippen LogP contribution in [0.1, 0.15) is 13.8 Å². The number of aliphatic hydroxyl groups is 1. The van der Waals surface area contributed by atoms with Gasteiger partial charge in [0.15, 0.2) is 0 Å². The van der Waals surface area contributed by atoms with Gasteiger partial charge in [-0.15, -0.1) is 11.6 Å². The topological polar surface area (TPSA) is 60.8 Å². The maximum absolute atomic E-state index is 9.00. The van der Waals surface area contributed by atoms with E-state index in [1.165, 1.54) is 0 Å². The Hall–Kier alpha value is -0.260. The van der Waals surface area contributed by atoms with Gasteiger partial charge in [0, 0.05) is 19.2 Å². The van der Waals surface area contributed by atoms with Gasteiger partial charge in [0.2, 0.25) is 0 Å². The summed E-state index contributed by atoms with van der Waals surface area (Å²) in [6.07, 6.45) is 1.95. The number of alkyl halides is 2. The molecule has 0 saturated heterocycles. The van der Waals surface area contributed by atoms with E-state index in [-0.39, 0.29) is 6.61 Å². The Morgan fingerprint density at radius 1 is 1.80 bits per heavy atom. The summed E-state index contributed by atoms with van der Waals surface area (Å²) >= 11 is 9.37. The van der Waals surface area contributed by atoms with Gasteiger partial charge >= 0.3 is 0 Å². The number of nitrogens with zero attached hydrogens (tertiary/aromatic N) is 1. The number of halogens is 2. The average Bonchev–Trinajstić information content (AvgIpc) is 2.24. The highest BCUT2D eigenvalue weighted by molar-refractivity contribution is 9.10. The molecule has 0 amide bonds. The van der Waals surface area contributed by atoms with Crippen LogP contribution in [0.15, 0.2) is 11.8 Å². The fourth-order valence-corrected chi connectivity index (χ4v) is 2.13. The van der Waals surface area contributed by atoms with Gasteiger partial charge in [-0.05, 0) is 13.0 Å². The Bertz CT molecular complexity index is 252. The van der Waals surface area contributed by atoms with Crippen molar-refractivity contribution in [3.05, 3.63) is 11.8 Å². The number of carboxylic acids is 1. The zero-order chi connectivity index (χ0) is 12.1. The minimum atomic E-state index is -0.833. The summed E-state index contributed by atoms with van der Waals surface area (Å²) in [6, 6.07) is 0. The molecular formula is C9H15BrClNO3. The SMILES string of the molecule is CC(=O)O.CC1=CC(Cl)(Br)CN1CCO. The van der Waals surface area contributed by atoms with Gasteiger partial charge in [-0.1, -0.05) is 15.9 Å². The lowest BCUT2D eigenvalue weighted by Gasteiger charge is -2.20. The monoisotopic (exact) mass is 299 g/mol. The number of hydrogen-bond acceptors (Lipinski definition) is 3. The van der Waals surface area contributed by atoms with Crippen LogP contribution < -0.4 is 0 Å². The maximum Gasteiger partial charge on any atom is 0.300 e. The first-order chi connectivity index (χ1) is 6.78. The Labute approximate surface area is 103 Å². The first-order valence-electron chi connectivity index (χ1n) is 4.41. The standard InChI is InChI=1S/C7H11BrClNO.C2H4O2/c1-6-4-7(8,9)5-10(6)2-3-11;1-2(3)4/h4,11H,2-3,5H2,1H3;1H3,(H,3,4). The molecule has 1 aliphatic heterocycles. The van der Waals surface area contributed by atoms with E-state index < -0.39 is 9.75 Å². The van der Waals surface area contributed by atoms with Crippen LogP contribution in [0.3, 0.4) is 0 Å². The Balaban J connectivity index is 0.000000423. The van der Waals surface area contributed by atoms with E-state index in [1.807, 2.05) is 17.9 Å². The van der Waals surface area contributed by atoms with Crippen molar-refractivity contribution < 1.29 is 15.0 Å². The van der Waals surface area contributed by atoms with Crippen LogP contribution in [-0.2, 0) is 4.79 Å². The van der Waals surface area contributed by atoms with E-state index >= 15 is 0 Å². The number of carboxylic acid groups (broad SMARTS) is 1. The van der Waals surface area contributed by atoms with E-state index in [9.17, 15) is 0 Å². The van der Waals surface area contributed by atoms with E-state index in [1.54, 1.807) is 0 Å². The second-order valence-corrected chi connectivity index (χ2v) is 5.76. The van der Waals surface area contributed by atoms with Crippen LogP contribution in [0.25, 0.3) is 0 Å². The molecule has 1 atom stereocenters. The smallest absolute Gasteiger partial charge is 0.300 e. The summed E-state index contributed by atoms with van der Waals surface area (Å²) in [6.45, 7) is 4.62. The van der Waals surface area contributed by atoms with Crippen molar-refractivity contribution in [3.63, 3.8) is 0 Å². The third-order valence-corrected chi connectivity index (χ3v) is 2.40. The molecule has 0 saturated carbocycles. The van der Waals surface area contributed by atoms with Gasteiger partial charge in [-0.2, -0.15) is 0 Å². The van der Waals surface area contributed by atoms with Gasteiger partial charge in [0.25, 0.3) is 5.97 Å². The molecule has 1 unspecified atom stereocenters. The van der Waals surface area contributed by atoms with Crippen molar-refractivity contribution in [2.75, 3.05) is 19.7 Å². The highest BCUT2D eigenvalue weighted by atomic mass is 79.9. The molecule has 0 radical (unpaired) electrons. The van der Waals surface area contributed by atoms with Crippen LogP contribution in [0.5, 0.6) is 0 Å². The van der Waals surface area contributed by atoms with Crippen molar-refractivity contribution in [2.45, 2.75) is 17.6 Å². The second kappa shape index (κ2) is 6.35. The van der Waals surface area contributed by atoms with E-state index in [0.29, 0.717) is 6.54 Å². The van der Waals surface area contributed by atoms with Crippen LogP contribution in [-0.4, -0.2) is 44.6 Å². The van der Waals surface area contributed by atoms with Crippen LogP contribution in [0.2, 0.25) is 0 Å². The van der Waals surface area contributed by atoms with E-state index in [0.717, 1.165) is 19.2 Å². The quantitative estimate of drug-likeness (QED) is 0.761. The Morgan fingerprint density at radius 3 is 2.53 bits per heavy atom. The normalized spacial score (nSPS) is 24.3. The number of carbonyl (C=O) groups is 1. The number of β-amino-alcohol motifs (C(OH)–C–C–N with tert-alkyl or cyclic N) is 1. The minimum Gasteiger partial charge on any atom is -0.481 e. The second-order valence-electron chi connectivity index (χ2n) is 3.21. The Morgan fingerprint density at radius 2 is 2.27 bits per heavy atom. The molecule has 1 aliphatic rings. The van der Waals surface area contributed by atoms with Gasteiger partial charge in [-0.3, -0.25) is 4.79 Å². The van der Waals surface area contributed by atoms with Crippen molar-refractivity contribution in [3.8, 4) is 0 Å². The molecular weight excluding hydrogens is 285 g/mol.